The molecule has 2 atom stereocenters. The van der Waals surface area contributed by atoms with Gasteiger partial charge in [-0.05, 0) is 104 Å². The van der Waals surface area contributed by atoms with Crippen LogP contribution in [0.25, 0.3) is 23.3 Å². The second kappa shape index (κ2) is 13.2. The molecule has 42 heavy (non-hydrogen) atoms. The van der Waals surface area contributed by atoms with E-state index in [0.717, 1.165) is 33.8 Å². The molecular weight excluding hydrogens is 522 g/mol. The van der Waals surface area contributed by atoms with Crippen molar-refractivity contribution >= 4 is 29.2 Å². The second-order valence-electron chi connectivity index (χ2n) is 10.2. The number of ether oxygens (including phenoxy) is 2. The Morgan fingerprint density at radius 1 is 0.500 bits per heavy atom. The Morgan fingerprint density at radius 3 is 1.26 bits per heavy atom. The van der Waals surface area contributed by atoms with Crippen LogP contribution in [-0.2, 0) is 0 Å². The number of hydrogen-bond donors (Lipinski definition) is 2. The zero-order valence-electron chi connectivity index (χ0n) is 24.0. The Labute approximate surface area is 247 Å². The Bertz CT molecular complexity index is 1590. The SMILES string of the molecule is Cc1ccc(-c2ccc(N(c3ccc(C=Cc4ccc(OC(C)O)cc4)cc3)c3ccc(OC(C)O)cc3)cc2)cc1. The number of aliphatic hydroxyl groups excluding tert-OH is 2. The first-order valence-corrected chi connectivity index (χ1v) is 14.0. The molecule has 5 heteroatoms. The van der Waals surface area contributed by atoms with Gasteiger partial charge in [0.1, 0.15) is 11.5 Å². The molecule has 212 valence electrons. The van der Waals surface area contributed by atoms with E-state index in [1.54, 1.807) is 13.8 Å². The summed E-state index contributed by atoms with van der Waals surface area (Å²) in [6, 6.07) is 40.8. The lowest BCUT2D eigenvalue weighted by Gasteiger charge is -2.26. The van der Waals surface area contributed by atoms with Gasteiger partial charge >= 0.3 is 0 Å². The number of rotatable bonds is 10. The third kappa shape index (κ3) is 7.46. The molecule has 0 spiro atoms. The number of benzene rings is 5. The highest BCUT2D eigenvalue weighted by atomic mass is 16.6. The van der Waals surface area contributed by atoms with Gasteiger partial charge < -0.3 is 24.6 Å². The summed E-state index contributed by atoms with van der Waals surface area (Å²) in [5.74, 6) is 1.23. The standard InChI is InChI=1S/C37H35NO4/c1-26-4-12-31(13-5-26)32-14-18-34(19-15-32)38(35-20-24-37(25-21-35)42-28(3)40)33-16-8-29(9-17-33)6-7-30-10-22-36(23-11-30)41-27(2)39/h4-25,27-28,39-40H,1-3H3. The normalized spacial score (nSPS) is 12.6. The van der Waals surface area contributed by atoms with Crippen LogP contribution >= 0.6 is 0 Å². The second-order valence-corrected chi connectivity index (χ2v) is 10.2. The number of nitrogens with zero attached hydrogens (tertiary/aromatic N) is 1. The van der Waals surface area contributed by atoms with Gasteiger partial charge in [0, 0.05) is 17.1 Å². The van der Waals surface area contributed by atoms with Gasteiger partial charge in [-0.25, -0.2) is 0 Å². The maximum Gasteiger partial charge on any atom is 0.194 e. The molecule has 0 fully saturated rings. The van der Waals surface area contributed by atoms with E-state index in [4.69, 9.17) is 9.47 Å². The van der Waals surface area contributed by atoms with Crippen LogP contribution in [0, 0.1) is 6.92 Å². The van der Waals surface area contributed by atoms with E-state index in [1.165, 1.54) is 11.1 Å². The van der Waals surface area contributed by atoms with Gasteiger partial charge in [0.2, 0.25) is 0 Å². The molecule has 0 aliphatic carbocycles. The smallest absolute Gasteiger partial charge is 0.194 e. The highest BCUT2D eigenvalue weighted by Gasteiger charge is 2.13. The molecule has 0 amide bonds. The van der Waals surface area contributed by atoms with Crippen LogP contribution < -0.4 is 14.4 Å². The minimum absolute atomic E-state index is 0.606. The van der Waals surface area contributed by atoms with Gasteiger partial charge in [-0.1, -0.05) is 78.4 Å². The third-order valence-electron chi connectivity index (χ3n) is 6.72. The van der Waals surface area contributed by atoms with Crippen molar-refractivity contribution in [3.05, 3.63) is 138 Å². The summed E-state index contributed by atoms with van der Waals surface area (Å²) in [6.07, 6.45) is 2.39. The first-order valence-electron chi connectivity index (χ1n) is 14.0. The Morgan fingerprint density at radius 2 is 0.833 bits per heavy atom. The fourth-order valence-corrected chi connectivity index (χ4v) is 4.65. The monoisotopic (exact) mass is 557 g/mol. The maximum atomic E-state index is 9.61. The van der Waals surface area contributed by atoms with Crippen molar-refractivity contribution < 1.29 is 19.7 Å². The predicted octanol–water partition coefficient (Wildman–Crippen LogP) is 8.74. The fourth-order valence-electron chi connectivity index (χ4n) is 4.65. The summed E-state index contributed by atoms with van der Waals surface area (Å²) in [7, 11) is 0. The van der Waals surface area contributed by atoms with Crippen LogP contribution in [0.5, 0.6) is 11.5 Å². The zero-order chi connectivity index (χ0) is 29.5. The lowest BCUT2D eigenvalue weighted by molar-refractivity contribution is -0.000875. The molecule has 0 bridgehead atoms. The van der Waals surface area contributed by atoms with Gasteiger partial charge in [0.15, 0.2) is 12.6 Å². The Kier molecular flexibility index (Phi) is 9.02. The van der Waals surface area contributed by atoms with Gasteiger partial charge in [-0.2, -0.15) is 0 Å². The summed E-state index contributed by atoms with van der Waals surface area (Å²) < 4.78 is 10.8. The van der Waals surface area contributed by atoms with E-state index in [-0.39, 0.29) is 0 Å². The van der Waals surface area contributed by atoms with Crippen LogP contribution in [0.3, 0.4) is 0 Å². The summed E-state index contributed by atoms with van der Waals surface area (Å²) in [6.45, 7) is 5.27. The average molecular weight is 558 g/mol. The van der Waals surface area contributed by atoms with Gasteiger partial charge in [0.25, 0.3) is 0 Å². The molecule has 2 unspecified atom stereocenters. The van der Waals surface area contributed by atoms with E-state index in [2.05, 4.69) is 90.7 Å². The molecule has 0 saturated carbocycles. The molecular formula is C37H35NO4. The summed E-state index contributed by atoms with van der Waals surface area (Å²) in [5, 5.41) is 19.0. The molecule has 0 heterocycles. The third-order valence-corrected chi connectivity index (χ3v) is 6.72. The zero-order valence-corrected chi connectivity index (χ0v) is 24.0. The van der Waals surface area contributed by atoms with E-state index in [9.17, 15) is 10.2 Å². The van der Waals surface area contributed by atoms with Gasteiger partial charge in [-0.15, -0.1) is 0 Å². The van der Waals surface area contributed by atoms with Crippen molar-refractivity contribution in [2.75, 3.05) is 4.90 Å². The number of aryl methyl sites for hydroxylation is 1. The van der Waals surface area contributed by atoms with Crippen molar-refractivity contribution in [1.29, 1.82) is 0 Å². The molecule has 5 rings (SSSR count). The summed E-state index contributed by atoms with van der Waals surface area (Å²) in [4.78, 5) is 2.19. The molecule has 0 aliphatic heterocycles. The number of aliphatic hydroxyl groups is 2. The predicted molar refractivity (Wildman–Crippen MR) is 171 cm³/mol. The fraction of sp³-hybridized carbons (Fsp3) is 0.135. The quantitative estimate of drug-likeness (QED) is 0.133. The largest absolute Gasteiger partial charge is 0.465 e. The summed E-state index contributed by atoms with van der Waals surface area (Å²) in [5.41, 5.74) is 8.69. The molecule has 2 N–H and O–H groups in total. The summed E-state index contributed by atoms with van der Waals surface area (Å²) >= 11 is 0. The number of anilines is 3. The van der Waals surface area contributed by atoms with Crippen molar-refractivity contribution in [2.24, 2.45) is 0 Å². The van der Waals surface area contributed by atoms with Crippen LogP contribution in [0.1, 0.15) is 30.5 Å². The Balaban J connectivity index is 1.41. The highest BCUT2D eigenvalue weighted by molar-refractivity contribution is 5.79. The average Bonchev–Trinajstić information content (AvgIpc) is 2.99. The van der Waals surface area contributed by atoms with Crippen LogP contribution in [0.4, 0.5) is 17.1 Å². The first kappa shape index (κ1) is 28.7. The van der Waals surface area contributed by atoms with Crippen LogP contribution in [-0.4, -0.2) is 22.8 Å². The van der Waals surface area contributed by atoms with E-state index >= 15 is 0 Å². The lowest BCUT2D eigenvalue weighted by atomic mass is 10.0. The van der Waals surface area contributed by atoms with E-state index < -0.39 is 12.6 Å². The Hall–Kier alpha value is -4.84. The van der Waals surface area contributed by atoms with Crippen molar-refractivity contribution in [1.82, 2.24) is 0 Å². The highest BCUT2D eigenvalue weighted by Crippen LogP contribution is 2.36. The minimum atomic E-state index is -0.877. The molecule has 5 nitrogen and oxygen atoms in total. The topological polar surface area (TPSA) is 62.2 Å². The van der Waals surface area contributed by atoms with Crippen molar-refractivity contribution in [2.45, 2.75) is 33.4 Å². The van der Waals surface area contributed by atoms with Crippen molar-refractivity contribution in [3.8, 4) is 22.6 Å². The molecule has 0 radical (unpaired) electrons. The van der Waals surface area contributed by atoms with Gasteiger partial charge in [0.05, 0.1) is 0 Å². The first-order chi connectivity index (χ1) is 20.3. The maximum absolute atomic E-state index is 9.61. The lowest BCUT2D eigenvalue weighted by Crippen LogP contribution is -2.11. The van der Waals surface area contributed by atoms with Gasteiger partial charge in [-0.3, -0.25) is 0 Å². The minimum Gasteiger partial charge on any atom is -0.465 e. The molecule has 0 saturated heterocycles. The molecule has 5 aromatic carbocycles. The molecule has 5 aromatic rings. The van der Waals surface area contributed by atoms with E-state index in [1.807, 2.05) is 54.6 Å². The molecule has 0 aromatic heterocycles. The van der Waals surface area contributed by atoms with Crippen molar-refractivity contribution in [3.63, 3.8) is 0 Å². The van der Waals surface area contributed by atoms with E-state index in [0.29, 0.717) is 11.5 Å². The van der Waals surface area contributed by atoms with Crippen LogP contribution in [0.15, 0.2) is 121 Å². The molecule has 0 aliphatic rings. The van der Waals surface area contributed by atoms with Crippen LogP contribution in [0.2, 0.25) is 0 Å². The number of hydrogen-bond acceptors (Lipinski definition) is 5.